The number of carbonyl (C=O) groups is 2. The lowest BCUT2D eigenvalue weighted by Crippen LogP contribution is -2.24. The van der Waals surface area contributed by atoms with E-state index in [4.69, 9.17) is 27.9 Å². The summed E-state index contributed by atoms with van der Waals surface area (Å²) in [7, 11) is 1.32. The highest BCUT2D eigenvalue weighted by Gasteiger charge is 2.38. The lowest BCUT2D eigenvalue weighted by molar-refractivity contribution is -0.136. The minimum Gasteiger partial charge on any atom is -0.465 e. The average molecular weight is 523 g/mol. The van der Waals surface area contributed by atoms with E-state index in [1.807, 2.05) is 60.9 Å². The van der Waals surface area contributed by atoms with Gasteiger partial charge in [-0.25, -0.2) is 4.79 Å². The minimum absolute atomic E-state index is 0.251. The van der Waals surface area contributed by atoms with Crippen LogP contribution in [0.25, 0.3) is 11.8 Å². The van der Waals surface area contributed by atoms with Crippen LogP contribution in [0.5, 0.6) is 0 Å². The highest BCUT2D eigenvalue weighted by atomic mass is 35.5. The molecule has 1 amide bonds. The Balaban J connectivity index is 1.84. The van der Waals surface area contributed by atoms with Crippen molar-refractivity contribution in [2.45, 2.75) is 40.5 Å². The Morgan fingerprint density at radius 1 is 1.03 bits per heavy atom. The van der Waals surface area contributed by atoms with Gasteiger partial charge in [-0.2, -0.15) is 0 Å². The number of nitrogens with zero attached hydrogens (tertiary/aromatic N) is 2. The molecule has 0 bridgehead atoms. The van der Waals surface area contributed by atoms with Gasteiger partial charge in [0.05, 0.1) is 34.0 Å². The molecule has 0 saturated carbocycles. The Morgan fingerprint density at radius 3 is 2.31 bits per heavy atom. The first-order valence-electron chi connectivity index (χ1n) is 11.7. The molecule has 4 rings (SSSR count). The first-order chi connectivity index (χ1) is 17.1. The highest BCUT2D eigenvalue weighted by Crippen LogP contribution is 2.37. The number of hydrogen-bond acceptors (Lipinski definition) is 3. The smallest absolute Gasteiger partial charge is 0.340 e. The molecule has 0 saturated heterocycles. The van der Waals surface area contributed by atoms with Crippen LogP contribution in [0.3, 0.4) is 0 Å². The second kappa shape index (κ2) is 10.00. The number of benzene rings is 2. The molecule has 1 aliphatic heterocycles. The molecule has 0 fully saturated rings. The molecule has 2 heterocycles. The maximum absolute atomic E-state index is 13.7. The van der Waals surface area contributed by atoms with Gasteiger partial charge in [0.1, 0.15) is 0 Å². The molecular weight excluding hydrogens is 495 g/mol. The molecule has 0 N–H and O–H groups in total. The van der Waals surface area contributed by atoms with E-state index in [1.54, 1.807) is 24.0 Å². The molecule has 0 radical (unpaired) electrons. The number of rotatable bonds is 5. The van der Waals surface area contributed by atoms with Gasteiger partial charge >= 0.3 is 5.97 Å². The summed E-state index contributed by atoms with van der Waals surface area (Å²) in [6, 6.07) is 15.2. The van der Waals surface area contributed by atoms with Crippen LogP contribution in [-0.4, -0.2) is 23.6 Å². The average Bonchev–Trinajstić information content (AvgIpc) is 3.26. The Kier molecular flexibility index (Phi) is 7.17. The van der Waals surface area contributed by atoms with Crippen molar-refractivity contribution in [3.05, 3.63) is 97.9 Å². The van der Waals surface area contributed by atoms with Crippen LogP contribution in [-0.2, 0) is 14.3 Å². The van der Waals surface area contributed by atoms with Gasteiger partial charge in [0, 0.05) is 22.8 Å². The van der Waals surface area contributed by atoms with E-state index in [0.29, 0.717) is 27.3 Å². The van der Waals surface area contributed by atoms with Crippen molar-refractivity contribution in [3.63, 3.8) is 0 Å². The van der Waals surface area contributed by atoms with Crippen LogP contribution in [0.15, 0.2) is 65.4 Å². The summed E-state index contributed by atoms with van der Waals surface area (Å²) in [4.78, 5) is 28.1. The van der Waals surface area contributed by atoms with Crippen LogP contribution in [0, 0.1) is 13.8 Å². The first-order valence-corrected chi connectivity index (χ1v) is 12.4. The number of halogens is 2. The molecule has 0 spiro atoms. The summed E-state index contributed by atoms with van der Waals surface area (Å²) in [5, 5.41) is 0.900. The standard InChI is InChI=1S/C29H28Cl2N2O3/c1-16(2)20-10-12-22(13-11-20)33-19(5)26(29(35)36-6)23(28(33)34)15-21-14-17(3)32(18(21)4)25-9-7-8-24(30)27(25)31/h7-16H,1-6H3. The van der Waals surface area contributed by atoms with Gasteiger partial charge in [0.15, 0.2) is 0 Å². The zero-order valence-corrected chi connectivity index (χ0v) is 22.7. The Morgan fingerprint density at radius 2 is 1.69 bits per heavy atom. The van der Waals surface area contributed by atoms with Crippen molar-refractivity contribution < 1.29 is 14.3 Å². The van der Waals surface area contributed by atoms with E-state index in [0.717, 1.165) is 22.6 Å². The molecule has 0 atom stereocenters. The SMILES string of the molecule is COC(=O)C1=C(C)N(c2ccc(C(C)C)cc2)C(=O)C1=Cc1cc(C)n(-c2cccc(Cl)c2Cl)c1C. The van der Waals surface area contributed by atoms with E-state index in [9.17, 15) is 9.59 Å². The van der Waals surface area contributed by atoms with Crippen molar-refractivity contribution in [1.29, 1.82) is 0 Å². The van der Waals surface area contributed by atoms with E-state index >= 15 is 0 Å². The molecule has 3 aromatic rings. The quantitative estimate of drug-likeness (QED) is 0.259. The second-order valence-corrected chi connectivity index (χ2v) is 9.92. The van der Waals surface area contributed by atoms with Gasteiger partial charge in [-0.1, -0.05) is 55.2 Å². The number of esters is 1. The Hall–Kier alpha value is -3.28. The number of amides is 1. The van der Waals surface area contributed by atoms with Crippen molar-refractivity contribution in [2.75, 3.05) is 12.0 Å². The third kappa shape index (κ3) is 4.38. The van der Waals surface area contributed by atoms with Crippen molar-refractivity contribution >= 4 is 46.8 Å². The molecule has 7 heteroatoms. The third-order valence-corrected chi connectivity index (χ3v) is 7.36. The Labute approximate surface area is 221 Å². The van der Waals surface area contributed by atoms with Crippen LogP contribution in [0.1, 0.15) is 49.2 Å². The monoisotopic (exact) mass is 522 g/mol. The maximum Gasteiger partial charge on any atom is 0.340 e. The fourth-order valence-electron chi connectivity index (χ4n) is 4.62. The van der Waals surface area contributed by atoms with Crippen molar-refractivity contribution in [1.82, 2.24) is 4.57 Å². The molecular formula is C29H28Cl2N2O3. The predicted octanol–water partition coefficient (Wildman–Crippen LogP) is 7.40. The topological polar surface area (TPSA) is 51.5 Å². The lowest BCUT2D eigenvalue weighted by atomic mass is 10.0. The largest absolute Gasteiger partial charge is 0.465 e. The summed E-state index contributed by atoms with van der Waals surface area (Å²) in [5.41, 5.74) is 6.24. The van der Waals surface area contributed by atoms with Gasteiger partial charge in [-0.15, -0.1) is 0 Å². The zero-order valence-electron chi connectivity index (χ0n) is 21.1. The molecule has 1 aliphatic rings. The molecule has 36 heavy (non-hydrogen) atoms. The molecule has 2 aromatic carbocycles. The van der Waals surface area contributed by atoms with E-state index < -0.39 is 5.97 Å². The predicted molar refractivity (Wildman–Crippen MR) is 146 cm³/mol. The molecule has 186 valence electrons. The number of hydrogen-bond donors (Lipinski definition) is 0. The molecule has 0 unspecified atom stereocenters. The van der Waals surface area contributed by atoms with Crippen LogP contribution in [0.4, 0.5) is 5.69 Å². The van der Waals surface area contributed by atoms with Crippen LogP contribution in [0.2, 0.25) is 10.0 Å². The summed E-state index contributed by atoms with van der Waals surface area (Å²) >= 11 is 12.8. The van der Waals surface area contributed by atoms with Gasteiger partial charge in [-0.05, 0) is 74.2 Å². The fourth-order valence-corrected chi connectivity index (χ4v) is 5.00. The number of aromatic nitrogens is 1. The number of aryl methyl sites for hydroxylation is 1. The number of anilines is 1. The summed E-state index contributed by atoms with van der Waals surface area (Å²) in [6.45, 7) is 9.88. The maximum atomic E-state index is 13.7. The minimum atomic E-state index is -0.555. The van der Waals surface area contributed by atoms with Crippen molar-refractivity contribution in [3.8, 4) is 5.69 Å². The van der Waals surface area contributed by atoms with E-state index in [2.05, 4.69) is 13.8 Å². The van der Waals surface area contributed by atoms with Gasteiger partial charge in [-0.3, -0.25) is 9.69 Å². The fraction of sp³-hybridized carbons (Fsp3) is 0.241. The summed E-state index contributed by atoms with van der Waals surface area (Å²) < 4.78 is 7.04. The third-order valence-electron chi connectivity index (χ3n) is 6.55. The van der Waals surface area contributed by atoms with Crippen LogP contribution < -0.4 is 4.90 Å². The number of allylic oxidation sites excluding steroid dienone is 1. The zero-order chi connectivity index (χ0) is 26.3. The number of carbonyl (C=O) groups excluding carboxylic acids is 2. The van der Waals surface area contributed by atoms with Crippen LogP contribution >= 0.6 is 23.2 Å². The summed E-state index contributed by atoms with van der Waals surface area (Å²) in [6.07, 6.45) is 1.75. The second-order valence-electron chi connectivity index (χ2n) is 9.13. The van der Waals surface area contributed by atoms with Crippen molar-refractivity contribution in [2.24, 2.45) is 0 Å². The molecule has 0 aliphatic carbocycles. The Bertz CT molecular complexity index is 1430. The molecule has 5 nitrogen and oxygen atoms in total. The number of ether oxygens (including phenoxy) is 1. The number of methoxy groups -OCH3 is 1. The molecule has 1 aromatic heterocycles. The highest BCUT2D eigenvalue weighted by molar-refractivity contribution is 6.43. The van der Waals surface area contributed by atoms with Gasteiger partial charge in [0.2, 0.25) is 0 Å². The van der Waals surface area contributed by atoms with Gasteiger partial charge < -0.3 is 9.30 Å². The lowest BCUT2D eigenvalue weighted by Gasteiger charge is -2.19. The van der Waals surface area contributed by atoms with Gasteiger partial charge in [0.25, 0.3) is 5.91 Å². The first kappa shape index (κ1) is 25.8. The normalized spacial score (nSPS) is 15.0. The van der Waals surface area contributed by atoms with E-state index in [-0.39, 0.29) is 17.1 Å². The van der Waals surface area contributed by atoms with E-state index in [1.165, 1.54) is 12.7 Å². The summed E-state index contributed by atoms with van der Waals surface area (Å²) in [5.74, 6) is -0.467.